The molecule has 3 heterocycles. The van der Waals surface area contributed by atoms with Crippen molar-refractivity contribution in [2.24, 2.45) is 11.1 Å². The zero-order valence-electron chi connectivity index (χ0n) is 16.7. The molecule has 2 atom stereocenters. The van der Waals surface area contributed by atoms with E-state index in [2.05, 4.69) is 10.5 Å². The zero-order valence-corrected chi connectivity index (χ0v) is 17.6. The maximum Gasteiger partial charge on any atom is 0.277 e. The average Bonchev–Trinajstić information content (AvgIpc) is 3.53. The Kier molecular flexibility index (Phi) is 4.51. The number of carbonyl (C=O) groups excluding carboxylic acids is 2. The van der Waals surface area contributed by atoms with Gasteiger partial charge in [-0.05, 0) is 35.7 Å². The first kappa shape index (κ1) is 19.3. The maximum atomic E-state index is 13.8. The van der Waals surface area contributed by atoms with E-state index in [1.165, 1.54) is 18.4 Å². The van der Waals surface area contributed by atoms with Gasteiger partial charge in [0.1, 0.15) is 23.1 Å². The molecule has 156 valence electrons. The second-order valence-electron chi connectivity index (χ2n) is 7.14. The largest absolute Gasteiger partial charge is 0.497 e. The summed E-state index contributed by atoms with van der Waals surface area (Å²) in [7, 11) is 3.08. The van der Waals surface area contributed by atoms with Gasteiger partial charge in [-0.3, -0.25) is 9.59 Å². The van der Waals surface area contributed by atoms with Crippen molar-refractivity contribution >= 4 is 34.4 Å². The molecule has 1 N–H and O–H groups in total. The lowest BCUT2D eigenvalue weighted by Gasteiger charge is -2.26. The summed E-state index contributed by atoms with van der Waals surface area (Å²) in [5.41, 5.74) is 0.439. The fourth-order valence-corrected chi connectivity index (χ4v) is 4.83. The molecule has 8 heteroatoms. The molecule has 1 amide bonds. The van der Waals surface area contributed by atoms with Gasteiger partial charge in [0.2, 0.25) is 0 Å². The Labute approximate surface area is 182 Å². The fraction of sp³-hybridized carbons (Fsp3) is 0.174. The number of nitrogens with zero attached hydrogens (tertiary/aromatic N) is 1. The molecular formula is C23H18N2O5S. The van der Waals surface area contributed by atoms with E-state index in [0.717, 1.165) is 0 Å². The number of hydrogen-bond acceptors (Lipinski definition) is 7. The van der Waals surface area contributed by atoms with Gasteiger partial charge in [-0.15, -0.1) is 11.3 Å². The number of fused-ring (bicyclic) bond motifs is 2. The molecule has 5 rings (SSSR count). The Morgan fingerprint density at radius 3 is 2.71 bits per heavy atom. The molecule has 1 spiro atoms. The Bertz CT molecular complexity index is 1220. The van der Waals surface area contributed by atoms with Gasteiger partial charge in [-0.25, -0.2) is 0 Å². The van der Waals surface area contributed by atoms with Crippen molar-refractivity contribution in [1.82, 2.24) is 0 Å². The lowest BCUT2D eigenvalue weighted by atomic mass is 9.75. The molecule has 0 fully saturated rings. The Balaban J connectivity index is 1.73. The van der Waals surface area contributed by atoms with Crippen LogP contribution in [0, 0.1) is 5.92 Å². The summed E-state index contributed by atoms with van der Waals surface area (Å²) in [6.45, 7) is 0. The quantitative estimate of drug-likeness (QED) is 0.617. The van der Waals surface area contributed by atoms with E-state index in [4.69, 9.17) is 14.3 Å². The Morgan fingerprint density at radius 1 is 1.13 bits per heavy atom. The van der Waals surface area contributed by atoms with Crippen LogP contribution in [-0.2, 0) is 15.2 Å². The van der Waals surface area contributed by atoms with Crippen LogP contribution in [0.1, 0.15) is 20.8 Å². The third kappa shape index (κ3) is 2.75. The third-order valence-corrected chi connectivity index (χ3v) is 6.47. The summed E-state index contributed by atoms with van der Waals surface area (Å²) in [6, 6.07) is 15.9. The third-order valence-electron chi connectivity index (χ3n) is 5.59. The van der Waals surface area contributed by atoms with Gasteiger partial charge in [0.25, 0.3) is 11.5 Å². The van der Waals surface area contributed by atoms with E-state index in [-0.39, 0.29) is 5.78 Å². The average molecular weight is 434 g/mol. The zero-order chi connectivity index (χ0) is 21.6. The second-order valence-corrected chi connectivity index (χ2v) is 8.09. The van der Waals surface area contributed by atoms with E-state index in [0.29, 0.717) is 38.9 Å². The fourth-order valence-electron chi connectivity index (χ4n) is 4.14. The van der Waals surface area contributed by atoms with Crippen LogP contribution in [0.4, 0.5) is 5.69 Å². The van der Waals surface area contributed by atoms with Crippen molar-refractivity contribution in [3.63, 3.8) is 0 Å². The van der Waals surface area contributed by atoms with E-state index < -0.39 is 17.4 Å². The monoisotopic (exact) mass is 434 g/mol. The number of methoxy groups -OCH3 is 2. The van der Waals surface area contributed by atoms with Crippen LogP contribution >= 0.6 is 11.3 Å². The number of anilines is 1. The number of carbonyl (C=O) groups is 2. The molecule has 0 aliphatic carbocycles. The van der Waals surface area contributed by atoms with Crippen molar-refractivity contribution < 1.29 is 23.9 Å². The molecule has 0 bridgehead atoms. The van der Waals surface area contributed by atoms with Crippen LogP contribution in [-0.4, -0.2) is 31.6 Å². The second kappa shape index (κ2) is 7.24. The topological polar surface area (TPSA) is 86.2 Å². The number of amides is 1. The van der Waals surface area contributed by atoms with Crippen molar-refractivity contribution in [1.29, 1.82) is 0 Å². The summed E-state index contributed by atoms with van der Waals surface area (Å²) in [5, 5.41) is 8.95. The van der Waals surface area contributed by atoms with Crippen LogP contribution < -0.4 is 14.8 Å². The number of ketones is 1. The number of rotatable bonds is 5. The summed E-state index contributed by atoms with van der Waals surface area (Å²) in [5.74, 6) is -0.614. The highest BCUT2D eigenvalue weighted by atomic mass is 32.1. The normalized spacial score (nSPS) is 21.3. The Morgan fingerprint density at radius 2 is 1.97 bits per heavy atom. The predicted octanol–water partition coefficient (Wildman–Crippen LogP) is 3.85. The highest BCUT2D eigenvalue weighted by Gasteiger charge is 2.63. The van der Waals surface area contributed by atoms with Crippen LogP contribution in [0.2, 0.25) is 0 Å². The summed E-state index contributed by atoms with van der Waals surface area (Å²) >= 11 is 1.31. The van der Waals surface area contributed by atoms with Crippen molar-refractivity contribution in [2.45, 2.75) is 5.60 Å². The van der Waals surface area contributed by atoms with Gasteiger partial charge in [0.05, 0.1) is 19.1 Å². The summed E-state index contributed by atoms with van der Waals surface area (Å²) < 4.78 is 10.9. The van der Waals surface area contributed by atoms with Crippen LogP contribution in [0.5, 0.6) is 11.5 Å². The first-order chi connectivity index (χ1) is 15.1. The molecule has 1 aromatic heterocycles. The molecule has 7 nitrogen and oxygen atoms in total. The highest BCUT2D eigenvalue weighted by Crippen LogP contribution is 2.50. The standard InChI is InChI=1S/C23H18N2O5S/c1-28-13-9-10-17(29-2)14(12-13)20-19(21(26)18-8-5-11-31-18)23(30-25-20)15-6-3-4-7-16(15)24-22(23)27/h3-12,19H,1-2H3,(H,24,27)/t19-,23-/m0/s1. The molecular weight excluding hydrogens is 416 g/mol. The minimum atomic E-state index is -1.60. The van der Waals surface area contributed by atoms with Gasteiger partial charge in [-0.1, -0.05) is 29.4 Å². The number of thiophene rings is 1. The number of ether oxygens (including phenoxy) is 2. The maximum absolute atomic E-state index is 13.8. The number of Topliss-reactive ketones (excluding diaryl/α,β-unsaturated/α-hetero) is 1. The molecule has 2 aliphatic heterocycles. The minimum absolute atomic E-state index is 0.247. The molecule has 0 saturated heterocycles. The van der Waals surface area contributed by atoms with Crippen molar-refractivity contribution in [2.75, 3.05) is 19.5 Å². The smallest absolute Gasteiger partial charge is 0.277 e. The molecule has 2 aromatic carbocycles. The van der Waals surface area contributed by atoms with E-state index >= 15 is 0 Å². The molecule has 31 heavy (non-hydrogen) atoms. The van der Waals surface area contributed by atoms with E-state index in [9.17, 15) is 9.59 Å². The number of para-hydroxylation sites is 1. The Hall–Kier alpha value is -3.65. The number of benzene rings is 2. The lowest BCUT2D eigenvalue weighted by molar-refractivity contribution is -0.140. The highest BCUT2D eigenvalue weighted by molar-refractivity contribution is 7.12. The van der Waals surface area contributed by atoms with Crippen molar-refractivity contribution in [3.8, 4) is 11.5 Å². The number of oxime groups is 1. The molecule has 0 unspecified atom stereocenters. The van der Waals surface area contributed by atoms with E-state index in [1.54, 1.807) is 55.6 Å². The van der Waals surface area contributed by atoms with E-state index in [1.807, 2.05) is 11.4 Å². The summed E-state index contributed by atoms with van der Waals surface area (Å²) in [6.07, 6.45) is 0. The molecule has 2 aliphatic rings. The first-order valence-electron chi connectivity index (χ1n) is 9.57. The van der Waals surface area contributed by atoms with Crippen molar-refractivity contribution in [3.05, 3.63) is 76.0 Å². The van der Waals surface area contributed by atoms with Gasteiger partial charge >= 0.3 is 0 Å². The van der Waals surface area contributed by atoms with Crippen LogP contribution in [0.25, 0.3) is 0 Å². The minimum Gasteiger partial charge on any atom is -0.497 e. The molecule has 0 saturated carbocycles. The lowest BCUT2D eigenvalue weighted by Crippen LogP contribution is -2.46. The van der Waals surface area contributed by atoms with Crippen LogP contribution in [0.15, 0.2) is 65.1 Å². The number of nitrogens with one attached hydrogen (secondary N) is 1. The van der Waals surface area contributed by atoms with Gasteiger partial charge in [-0.2, -0.15) is 0 Å². The predicted molar refractivity (Wildman–Crippen MR) is 116 cm³/mol. The summed E-state index contributed by atoms with van der Waals surface area (Å²) in [4.78, 5) is 33.4. The van der Waals surface area contributed by atoms with Gasteiger partial charge < -0.3 is 19.6 Å². The van der Waals surface area contributed by atoms with Gasteiger partial charge in [0, 0.05) is 16.8 Å². The molecule has 3 aromatic rings. The van der Waals surface area contributed by atoms with Gasteiger partial charge in [0.15, 0.2) is 5.78 Å². The molecule has 0 radical (unpaired) electrons. The first-order valence-corrected chi connectivity index (χ1v) is 10.4. The SMILES string of the molecule is COc1ccc(OC)c(C2=NO[C@]3(C(=O)Nc4ccccc43)[C@@H]2C(=O)c2cccs2)c1. The number of hydrogen-bond donors (Lipinski definition) is 1. The van der Waals surface area contributed by atoms with Crippen LogP contribution in [0.3, 0.4) is 0 Å².